The maximum Gasteiger partial charge on any atom is 0.276 e. The topological polar surface area (TPSA) is 215 Å². The first-order valence-corrected chi connectivity index (χ1v) is 20.8. The molecule has 3 amide bonds. The van der Waals surface area contributed by atoms with Gasteiger partial charge in [-0.1, -0.05) is 12.2 Å². The van der Waals surface area contributed by atoms with Crippen molar-refractivity contribution in [1.82, 2.24) is 39.3 Å². The molecular formula is C44H53N11O7. The van der Waals surface area contributed by atoms with Crippen molar-refractivity contribution in [3.05, 3.63) is 88.0 Å². The molecule has 18 nitrogen and oxygen atoms in total. The van der Waals surface area contributed by atoms with Gasteiger partial charge in [0.05, 0.1) is 55.4 Å². The first-order valence-electron chi connectivity index (χ1n) is 20.8. The van der Waals surface area contributed by atoms with E-state index >= 15 is 0 Å². The van der Waals surface area contributed by atoms with Crippen molar-refractivity contribution in [2.24, 2.45) is 10.7 Å². The molecule has 0 saturated carbocycles. The number of Topliss-reactive ketones (excluding diaryl/α,β-unsaturated/α-hetero) is 1. The van der Waals surface area contributed by atoms with Crippen LogP contribution in [0.2, 0.25) is 0 Å². The fourth-order valence-corrected chi connectivity index (χ4v) is 7.86. The third kappa shape index (κ3) is 9.30. The van der Waals surface area contributed by atoms with Gasteiger partial charge in [-0.2, -0.15) is 10.2 Å². The Kier molecular flexibility index (Phi) is 13.3. The summed E-state index contributed by atoms with van der Waals surface area (Å²) in [5.41, 5.74) is 10.7. The van der Waals surface area contributed by atoms with Crippen LogP contribution in [0.15, 0.2) is 53.5 Å². The van der Waals surface area contributed by atoms with E-state index in [2.05, 4.69) is 25.7 Å². The van der Waals surface area contributed by atoms with Crippen LogP contribution in [0.3, 0.4) is 0 Å². The van der Waals surface area contributed by atoms with Crippen molar-refractivity contribution >= 4 is 52.0 Å². The molecule has 2 aliphatic heterocycles. The Labute approximate surface area is 359 Å². The molecule has 0 spiro atoms. The van der Waals surface area contributed by atoms with E-state index < -0.39 is 17.7 Å². The Bertz CT molecular complexity index is 2580. The standard InChI is InChI=1S/C44H53N11O7/c1-7-54-34(20-26(3)50-54)42(58)48-41-31(38-32(46-41)22-29(28(5)56)24-36(38)62-17-11-13-52-15-18-61-19-16-52)12-9-10-14-53-39-33(23-30(40(45)57)25-37(39)60-6)47-44(53)49-43(59)35-21-27(4)51-55(35)8-2/h9-10,20-25,31H,7-8,11-19H2,1-6H3,(H2,45,57)(H,46,48,58)(H,47,49,59)/b10-9+. The van der Waals surface area contributed by atoms with Crippen molar-refractivity contribution in [2.45, 2.75) is 73.0 Å². The van der Waals surface area contributed by atoms with Crippen LogP contribution in [0, 0.1) is 13.8 Å². The number of amidine groups is 1. The fourth-order valence-electron chi connectivity index (χ4n) is 7.86. The van der Waals surface area contributed by atoms with Crippen molar-refractivity contribution < 1.29 is 33.4 Å². The van der Waals surface area contributed by atoms with E-state index in [1.807, 2.05) is 39.8 Å². The normalized spacial score (nSPS) is 15.2. The zero-order valence-corrected chi connectivity index (χ0v) is 36.0. The van der Waals surface area contributed by atoms with E-state index in [1.54, 1.807) is 50.3 Å². The molecular weight excluding hydrogens is 795 g/mol. The highest BCUT2D eigenvalue weighted by molar-refractivity contribution is 6.11. The SMILES string of the molecule is CCn1nc(C)cc1C(=O)NC1=Nc2cc(C(C)=O)cc(OCCCN3CCOCC3)c2C1C/C=C/Cn1c(NC(=O)c2cc(C)nn2CC)nc2cc(C(N)=O)cc(OC)c21. The van der Waals surface area contributed by atoms with Gasteiger partial charge in [0.25, 0.3) is 11.8 Å². The number of carbonyl (C=O) groups excluding carboxylic acids is 4. The Hall–Kier alpha value is -6.66. The number of nitrogens with one attached hydrogen (secondary N) is 2. The van der Waals surface area contributed by atoms with Gasteiger partial charge < -0.3 is 29.8 Å². The van der Waals surface area contributed by atoms with E-state index in [9.17, 15) is 19.2 Å². The molecule has 0 bridgehead atoms. The van der Waals surface area contributed by atoms with Gasteiger partial charge in [-0.15, -0.1) is 0 Å². The molecule has 5 heterocycles. The van der Waals surface area contributed by atoms with Gasteiger partial charge in [0, 0.05) is 56.0 Å². The highest BCUT2D eigenvalue weighted by Crippen LogP contribution is 2.44. The number of allylic oxidation sites excluding steroid dienone is 2. The van der Waals surface area contributed by atoms with E-state index in [-0.39, 0.29) is 29.7 Å². The molecule has 2 aromatic carbocycles. The lowest BCUT2D eigenvalue weighted by atomic mass is 9.92. The van der Waals surface area contributed by atoms with E-state index in [0.717, 1.165) is 31.6 Å². The second-order valence-electron chi connectivity index (χ2n) is 15.2. The number of benzene rings is 2. The maximum atomic E-state index is 13.9. The molecule has 18 heteroatoms. The van der Waals surface area contributed by atoms with Gasteiger partial charge in [0.2, 0.25) is 11.9 Å². The third-order valence-corrected chi connectivity index (χ3v) is 10.9. The van der Waals surface area contributed by atoms with Crippen LogP contribution in [0.4, 0.5) is 11.6 Å². The predicted molar refractivity (Wildman–Crippen MR) is 233 cm³/mol. The van der Waals surface area contributed by atoms with E-state index in [1.165, 1.54) is 14.0 Å². The number of morpholine rings is 1. The summed E-state index contributed by atoms with van der Waals surface area (Å²) in [5.74, 6) is -0.556. The number of nitrogens with zero attached hydrogens (tertiary/aromatic N) is 8. The van der Waals surface area contributed by atoms with E-state index in [0.29, 0.717) is 102 Å². The molecule has 1 atom stereocenters. The minimum absolute atomic E-state index is 0.138. The average Bonchev–Trinajstić information content (AvgIpc) is 4.03. The number of rotatable bonds is 17. The number of carbonyl (C=O) groups is 4. The van der Waals surface area contributed by atoms with Crippen molar-refractivity contribution in [3.8, 4) is 11.5 Å². The molecule has 326 valence electrons. The Morgan fingerprint density at radius 3 is 2.18 bits per heavy atom. The molecule has 62 heavy (non-hydrogen) atoms. The number of amides is 3. The molecule has 7 rings (SSSR count). The molecule has 1 saturated heterocycles. The number of hydrogen-bond acceptors (Lipinski definition) is 12. The van der Waals surface area contributed by atoms with Crippen molar-refractivity contribution in [3.63, 3.8) is 0 Å². The number of ketones is 1. The quantitative estimate of drug-likeness (QED) is 0.0647. The van der Waals surface area contributed by atoms with Crippen LogP contribution in [0.5, 0.6) is 11.5 Å². The molecule has 5 aromatic rings. The van der Waals surface area contributed by atoms with Gasteiger partial charge in [0.1, 0.15) is 34.2 Å². The minimum Gasteiger partial charge on any atom is -0.494 e. The van der Waals surface area contributed by atoms with Gasteiger partial charge in [-0.3, -0.25) is 38.8 Å². The van der Waals surface area contributed by atoms with Crippen LogP contribution in [-0.4, -0.2) is 110 Å². The van der Waals surface area contributed by atoms with Crippen LogP contribution in [0.1, 0.15) is 98.2 Å². The largest absolute Gasteiger partial charge is 0.494 e. The predicted octanol–water partition coefficient (Wildman–Crippen LogP) is 4.95. The number of nitrogens with two attached hydrogens (primary N) is 1. The molecule has 0 radical (unpaired) electrons. The number of imidazole rings is 1. The summed E-state index contributed by atoms with van der Waals surface area (Å²) in [7, 11) is 1.48. The first kappa shape index (κ1) is 43.4. The second-order valence-corrected chi connectivity index (χ2v) is 15.2. The number of hydrogen-bond donors (Lipinski definition) is 3. The summed E-state index contributed by atoms with van der Waals surface area (Å²) in [5, 5.41) is 14.9. The van der Waals surface area contributed by atoms with Gasteiger partial charge in [0.15, 0.2) is 5.78 Å². The molecule has 0 aliphatic carbocycles. The van der Waals surface area contributed by atoms with Crippen molar-refractivity contribution in [1.29, 1.82) is 0 Å². The summed E-state index contributed by atoms with van der Waals surface area (Å²) in [6.07, 6.45) is 5.00. The summed E-state index contributed by atoms with van der Waals surface area (Å²) in [6, 6.07) is 10.0. The lowest BCUT2D eigenvalue weighted by molar-refractivity contribution is 0.0358. The number of aryl methyl sites for hydroxylation is 4. The average molecular weight is 848 g/mol. The molecule has 1 fully saturated rings. The molecule has 4 N–H and O–H groups in total. The number of primary amides is 1. The maximum absolute atomic E-state index is 13.9. The summed E-state index contributed by atoms with van der Waals surface area (Å²) < 4.78 is 22.7. The fraction of sp³-hybridized carbons (Fsp3) is 0.409. The highest BCUT2D eigenvalue weighted by atomic mass is 16.5. The number of methoxy groups -OCH3 is 1. The monoisotopic (exact) mass is 847 g/mol. The Morgan fingerprint density at radius 2 is 1.55 bits per heavy atom. The zero-order chi connectivity index (χ0) is 44.1. The molecule has 2 aliphatic rings. The Morgan fingerprint density at radius 1 is 0.887 bits per heavy atom. The lowest BCUT2D eigenvalue weighted by Gasteiger charge is -2.26. The molecule has 1 unspecified atom stereocenters. The molecule has 3 aromatic heterocycles. The number of anilines is 1. The number of fused-ring (bicyclic) bond motifs is 2. The summed E-state index contributed by atoms with van der Waals surface area (Å²) >= 11 is 0. The Balaban J connectivity index is 1.21. The van der Waals surface area contributed by atoms with Gasteiger partial charge in [-0.25, -0.2) is 9.98 Å². The zero-order valence-electron chi connectivity index (χ0n) is 36.0. The summed E-state index contributed by atoms with van der Waals surface area (Å²) in [6.45, 7) is 14.6. The highest BCUT2D eigenvalue weighted by Gasteiger charge is 2.33. The van der Waals surface area contributed by atoms with E-state index in [4.69, 9.17) is 29.9 Å². The van der Waals surface area contributed by atoms with Crippen LogP contribution in [0.25, 0.3) is 11.0 Å². The second kappa shape index (κ2) is 18.9. The van der Waals surface area contributed by atoms with Crippen LogP contribution in [-0.2, 0) is 24.4 Å². The van der Waals surface area contributed by atoms with Crippen molar-refractivity contribution in [2.75, 3.05) is 51.9 Å². The lowest BCUT2D eigenvalue weighted by Crippen LogP contribution is -2.37. The van der Waals surface area contributed by atoms with Gasteiger partial charge in [-0.05, 0) is 83.9 Å². The number of aromatic nitrogens is 6. The number of aliphatic imine (C=N–C) groups is 1. The first-order chi connectivity index (χ1) is 29.9. The van der Waals surface area contributed by atoms with Crippen LogP contribution < -0.4 is 25.8 Å². The minimum atomic E-state index is -0.654. The van der Waals surface area contributed by atoms with Gasteiger partial charge >= 0.3 is 0 Å². The van der Waals surface area contributed by atoms with Crippen LogP contribution >= 0.6 is 0 Å². The third-order valence-electron chi connectivity index (χ3n) is 10.9. The summed E-state index contributed by atoms with van der Waals surface area (Å²) in [4.78, 5) is 64.5. The smallest absolute Gasteiger partial charge is 0.276 e. The number of ether oxygens (including phenoxy) is 3.